The van der Waals surface area contributed by atoms with Crippen LogP contribution in [0.1, 0.15) is 10.4 Å². The third-order valence-corrected chi connectivity index (χ3v) is 6.16. The Morgan fingerprint density at radius 3 is 1.48 bits per heavy atom. The maximum absolute atomic E-state index is 10.0. The first-order valence-corrected chi connectivity index (χ1v) is 9.52. The zero-order valence-electron chi connectivity index (χ0n) is 14.0. The first-order valence-electron chi connectivity index (χ1n) is 8.11. The molecule has 1 atom stereocenters. The quantitative estimate of drug-likeness (QED) is 0.549. The first-order chi connectivity index (χ1) is 12.3. The van der Waals surface area contributed by atoms with Gasteiger partial charge in [0.1, 0.15) is 6.29 Å². The molecule has 1 unspecified atom stereocenters. The van der Waals surface area contributed by atoms with Crippen LogP contribution in [0.25, 0.3) is 0 Å². The van der Waals surface area contributed by atoms with Crippen molar-refractivity contribution in [3.8, 4) is 0 Å². The first kappa shape index (κ1) is 19.0. The van der Waals surface area contributed by atoms with Crippen molar-refractivity contribution in [1.29, 1.82) is 0 Å². The normalized spacial score (nSPS) is 11.3. The van der Waals surface area contributed by atoms with Gasteiger partial charge in [-0.1, -0.05) is 91.0 Å². The monoisotopic (exact) mass is 350 g/mol. The van der Waals surface area contributed by atoms with Crippen LogP contribution in [0.3, 0.4) is 0 Å². The summed E-state index contributed by atoms with van der Waals surface area (Å²) in [7, 11) is -0.559. The molecule has 3 nitrogen and oxygen atoms in total. The van der Waals surface area contributed by atoms with E-state index in [1.807, 2.05) is 30.3 Å². The van der Waals surface area contributed by atoms with Crippen molar-refractivity contribution in [3.05, 3.63) is 96.6 Å². The minimum Gasteiger partial charge on any atom is -0.329 e. The van der Waals surface area contributed by atoms with Crippen molar-refractivity contribution < 1.29 is 4.79 Å². The molecular weight excluding hydrogens is 327 g/mol. The highest BCUT2D eigenvalue weighted by Crippen LogP contribution is 2.35. The maximum Gasteiger partial charge on any atom is 0.150 e. The number of carbonyl (C=O) groups is 1. The van der Waals surface area contributed by atoms with Crippen molar-refractivity contribution in [1.82, 2.24) is 0 Å². The van der Waals surface area contributed by atoms with Crippen LogP contribution in [-0.4, -0.2) is 18.6 Å². The molecule has 25 heavy (non-hydrogen) atoms. The molecule has 3 aromatic carbocycles. The molecule has 128 valence electrons. The Bertz CT molecular complexity index is 696. The standard InChI is InChI=1S/C14H17N2P.C7H6O/c15-11-14(16)17(12-7-3-1-4-8-12)13-9-5-2-6-10-13;8-6-7-4-2-1-3-5-7/h1-10,14H,11,15-16H2;1-6H. The fraction of sp³-hybridized carbons (Fsp3) is 0.0952. The lowest BCUT2D eigenvalue weighted by molar-refractivity contribution is 0.112. The highest BCUT2D eigenvalue weighted by Gasteiger charge is 2.19. The predicted molar refractivity (Wildman–Crippen MR) is 108 cm³/mol. The second-order valence-electron chi connectivity index (χ2n) is 5.37. The number of benzene rings is 3. The van der Waals surface area contributed by atoms with Crippen molar-refractivity contribution in [2.45, 2.75) is 5.78 Å². The van der Waals surface area contributed by atoms with Gasteiger partial charge in [-0.15, -0.1) is 0 Å². The van der Waals surface area contributed by atoms with E-state index in [0.717, 1.165) is 11.8 Å². The van der Waals surface area contributed by atoms with Gasteiger partial charge in [0.15, 0.2) is 0 Å². The topological polar surface area (TPSA) is 69.1 Å². The molecular formula is C21H23N2OP. The molecule has 0 aromatic heterocycles. The van der Waals surface area contributed by atoms with Crippen LogP contribution in [-0.2, 0) is 0 Å². The number of hydrogen-bond acceptors (Lipinski definition) is 3. The molecule has 0 aliphatic rings. The molecule has 3 aromatic rings. The molecule has 0 bridgehead atoms. The van der Waals surface area contributed by atoms with Crippen LogP contribution < -0.4 is 22.1 Å². The third kappa shape index (κ3) is 5.91. The Hall–Kier alpha value is -2.32. The molecule has 0 amide bonds. The van der Waals surface area contributed by atoms with Gasteiger partial charge in [-0.05, 0) is 18.5 Å². The number of hydrogen-bond donors (Lipinski definition) is 2. The van der Waals surface area contributed by atoms with Crippen LogP contribution >= 0.6 is 7.92 Å². The van der Waals surface area contributed by atoms with Gasteiger partial charge < -0.3 is 11.5 Å². The lowest BCUT2D eigenvalue weighted by Crippen LogP contribution is -2.34. The van der Waals surface area contributed by atoms with Gasteiger partial charge in [0, 0.05) is 17.9 Å². The summed E-state index contributed by atoms with van der Waals surface area (Å²) in [5.74, 6) is 0.00907. The van der Waals surface area contributed by atoms with E-state index in [4.69, 9.17) is 11.5 Å². The fourth-order valence-corrected chi connectivity index (χ4v) is 4.61. The van der Waals surface area contributed by atoms with Crippen LogP contribution in [0.15, 0.2) is 91.0 Å². The minimum absolute atomic E-state index is 0.00907. The Kier molecular flexibility index (Phi) is 8.00. The van der Waals surface area contributed by atoms with Crippen molar-refractivity contribution in [2.75, 3.05) is 6.54 Å². The van der Waals surface area contributed by atoms with Crippen LogP contribution in [0.2, 0.25) is 0 Å². The van der Waals surface area contributed by atoms with E-state index >= 15 is 0 Å². The number of aldehydes is 1. The molecule has 0 aliphatic heterocycles. The van der Waals surface area contributed by atoms with Gasteiger partial charge in [-0.25, -0.2) is 0 Å². The Morgan fingerprint density at radius 1 is 0.760 bits per heavy atom. The lowest BCUT2D eigenvalue weighted by atomic mass is 10.2. The zero-order valence-corrected chi connectivity index (χ0v) is 14.9. The zero-order chi connectivity index (χ0) is 17.9. The molecule has 0 saturated heterocycles. The van der Waals surface area contributed by atoms with Gasteiger partial charge in [0.05, 0.1) is 0 Å². The molecule has 0 radical (unpaired) electrons. The number of rotatable bonds is 5. The van der Waals surface area contributed by atoms with E-state index in [1.165, 1.54) is 10.6 Å². The summed E-state index contributed by atoms with van der Waals surface area (Å²) in [5, 5.41) is 2.57. The Labute approximate surface area is 150 Å². The molecule has 0 saturated carbocycles. The molecule has 3 rings (SSSR count). The number of carbonyl (C=O) groups excluding carboxylic acids is 1. The number of nitrogens with two attached hydrogens (primary N) is 2. The van der Waals surface area contributed by atoms with Gasteiger partial charge >= 0.3 is 0 Å². The molecule has 4 N–H and O–H groups in total. The summed E-state index contributed by atoms with van der Waals surface area (Å²) >= 11 is 0. The average molecular weight is 350 g/mol. The summed E-state index contributed by atoms with van der Waals surface area (Å²) in [5.41, 5.74) is 12.7. The summed E-state index contributed by atoms with van der Waals surface area (Å²) in [6.45, 7) is 0.509. The van der Waals surface area contributed by atoms with E-state index in [2.05, 4.69) is 48.5 Å². The van der Waals surface area contributed by atoms with E-state index in [9.17, 15) is 4.79 Å². The maximum atomic E-state index is 10.0. The highest BCUT2D eigenvalue weighted by molar-refractivity contribution is 7.73. The second kappa shape index (κ2) is 10.5. The summed E-state index contributed by atoms with van der Waals surface area (Å²) in [6, 6.07) is 29.9. The van der Waals surface area contributed by atoms with E-state index in [0.29, 0.717) is 6.54 Å². The van der Waals surface area contributed by atoms with Gasteiger partial charge in [-0.3, -0.25) is 4.79 Å². The predicted octanol–water partition coefficient (Wildman–Crippen LogP) is 2.86. The molecule has 0 heterocycles. The van der Waals surface area contributed by atoms with Gasteiger partial charge in [-0.2, -0.15) is 0 Å². The average Bonchev–Trinajstić information content (AvgIpc) is 2.71. The van der Waals surface area contributed by atoms with Crippen molar-refractivity contribution in [3.63, 3.8) is 0 Å². The van der Waals surface area contributed by atoms with Crippen LogP contribution in [0, 0.1) is 0 Å². The largest absolute Gasteiger partial charge is 0.329 e. The van der Waals surface area contributed by atoms with Gasteiger partial charge in [0.25, 0.3) is 0 Å². The summed E-state index contributed by atoms with van der Waals surface area (Å²) < 4.78 is 0. The highest BCUT2D eigenvalue weighted by atomic mass is 31.1. The molecule has 0 spiro atoms. The minimum atomic E-state index is -0.559. The molecule has 0 fully saturated rings. The second-order valence-corrected chi connectivity index (χ2v) is 7.81. The van der Waals surface area contributed by atoms with Crippen LogP contribution in [0.5, 0.6) is 0 Å². The Morgan fingerprint density at radius 2 is 1.16 bits per heavy atom. The molecule has 4 heteroatoms. The molecule has 0 aliphatic carbocycles. The third-order valence-electron chi connectivity index (χ3n) is 3.58. The van der Waals surface area contributed by atoms with E-state index < -0.39 is 7.92 Å². The van der Waals surface area contributed by atoms with Crippen LogP contribution in [0.4, 0.5) is 0 Å². The Balaban J connectivity index is 0.000000236. The summed E-state index contributed by atoms with van der Waals surface area (Å²) in [6.07, 6.45) is 0.833. The van der Waals surface area contributed by atoms with Crippen molar-refractivity contribution >= 4 is 24.8 Å². The van der Waals surface area contributed by atoms with Crippen molar-refractivity contribution in [2.24, 2.45) is 11.5 Å². The fourth-order valence-electron chi connectivity index (χ4n) is 2.35. The summed E-state index contributed by atoms with van der Waals surface area (Å²) in [4.78, 5) is 10.0. The van der Waals surface area contributed by atoms with E-state index in [1.54, 1.807) is 12.1 Å². The smallest absolute Gasteiger partial charge is 0.150 e. The van der Waals surface area contributed by atoms with E-state index in [-0.39, 0.29) is 5.78 Å². The SMILES string of the molecule is NCC(N)P(c1ccccc1)c1ccccc1.O=Cc1ccccc1. The van der Waals surface area contributed by atoms with Gasteiger partial charge in [0.2, 0.25) is 0 Å². The lowest BCUT2D eigenvalue weighted by Gasteiger charge is -2.24.